The van der Waals surface area contributed by atoms with E-state index < -0.39 is 10.0 Å². The Morgan fingerprint density at radius 2 is 2.14 bits per heavy atom. The van der Waals surface area contributed by atoms with Gasteiger partial charge in [0, 0.05) is 19.1 Å². The van der Waals surface area contributed by atoms with Crippen LogP contribution in [0.1, 0.15) is 20.3 Å². The van der Waals surface area contributed by atoms with Crippen molar-refractivity contribution in [3.05, 3.63) is 0 Å². The lowest BCUT2D eigenvalue weighted by Crippen LogP contribution is -2.49. The van der Waals surface area contributed by atoms with Crippen LogP contribution in [0.4, 0.5) is 0 Å². The first-order valence-electron chi connectivity index (χ1n) is 5.16. The van der Waals surface area contributed by atoms with Crippen LogP contribution in [0.3, 0.4) is 0 Å². The summed E-state index contributed by atoms with van der Waals surface area (Å²) in [6, 6.07) is 0.457. The molecule has 1 aliphatic rings. The third kappa shape index (κ3) is 2.46. The average molecular weight is 220 g/mol. The molecule has 0 aromatic carbocycles. The summed E-state index contributed by atoms with van der Waals surface area (Å²) in [5.74, 6) is 0.610. The van der Waals surface area contributed by atoms with Crippen LogP contribution < -0.4 is 5.32 Å². The third-order valence-electron chi connectivity index (χ3n) is 3.00. The number of nitrogens with one attached hydrogen (secondary N) is 1. The van der Waals surface area contributed by atoms with Gasteiger partial charge in [0.1, 0.15) is 0 Å². The van der Waals surface area contributed by atoms with Gasteiger partial charge in [-0.05, 0) is 26.3 Å². The molecule has 2 unspecified atom stereocenters. The van der Waals surface area contributed by atoms with Gasteiger partial charge in [-0.15, -0.1) is 0 Å². The van der Waals surface area contributed by atoms with E-state index in [1.54, 1.807) is 11.2 Å². The van der Waals surface area contributed by atoms with Gasteiger partial charge in [0.15, 0.2) is 0 Å². The standard InChI is InChI=1S/C9H20N2O2S/c1-4-14(12,13)11-6-5-9(10-3)8(2)7-11/h8-10H,4-7H2,1-3H3. The highest BCUT2D eigenvalue weighted by molar-refractivity contribution is 7.89. The molecule has 84 valence electrons. The van der Waals surface area contributed by atoms with E-state index >= 15 is 0 Å². The van der Waals surface area contributed by atoms with Gasteiger partial charge < -0.3 is 5.32 Å². The maximum absolute atomic E-state index is 11.6. The van der Waals surface area contributed by atoms with E-state index in [9.17, 15) is 8.42 Å². The number of rotatable bonds is 3. The predicted octanol–water partition coefficient (Wildman–Crippen LogP) is 0.266. The molecule has 0 amide bonds. The second-order valence-corrected chi connectivity index (χ2v) is 6.18. The van der Waals surface area contributed by atoms with Crippen LogP contribution in [-0.4, -0.2) is 44.7 Å². The molecule has 1 N–H and O–H groups in total. The molecule has 4 nitrogen and oxygen atoms in total. The van der Waals surface area contributed by atoms with Crippen LogP contribution in [-0.2, 0) is 10.0 Å². The van der Waals surface area contributed by atoms with Crippen molar-refractivity contribution in [3.8, 4) is 0 Å². The van der Waals surface area contributed by atoms with E-state index in [0.717, 1.165) is 6.42 Å². The molecule has 14 heavy (non-hydrogen) atoms. The molecule has 0 aromatic rings. The van der Waals surface area contributed by atoms with Gasteiger partial charge in [0.05, 0.1) is 5.75 Å². The number of sulfonamides is 1. The number of hydrogen-bond acceptors (Lipinski definition) is 3. The summed E-state index contributed by atoms with van der Waals surface area (Å²) in [6.45, 7) is 5.11. The SMILES string of the molecule is CCS(=O)(=O)N1CCC(NC)C(C)C1. The first-order valence-corrected chi connectivity index (χ1v) is 6.77. The van der Waals surface area contributed by atoms with Gasteiger partial charge in [-0.25, -0.2) is 12.7 Å². The fourth-order valence-electron chi connectivity index (χ4n) is 1.97. The van der Waals surface area contributed by atoms with Gasteiger partial charge in [-0.3, -0.25) is 0 Å². The summed E-state index contributed by atoms with van der Waals surface area (Å²) in [4.78, 5) is 0. The molecule has 0 saturated carbocycles. The zero-order valence-corrected chi connectivity index (χ0v) is 9.97. The minimum atomic E-state index is -2.98. The second-order valence-electron chi connectivity index (χ2n) is 3.92. The van der Waals surface area contributed by atoms with E-state index in [0.29, 0.717) is 25.0 Å². The zero-order chi connectivity index (χ0) is 10.8. The highest BCUT2D eigenvalue weighted by Crippen LogP contribution is 2.19. The van der Waals surface area contributed by atoms with E-state index in [1.807, 2.05) is 7.05 Å². The highest BCUT2D eigenvalue weighted by Gasteiger charge is 2.30. The molecule has 5 heteroatoms. The predicted molar refractivity (Wildman–Crippen MR) is 57.7 cm³/mol. The highest BCUT2D eigenvalue weighted by atomic mass is 32.2. The van der Waals surface area contributed by atoms with E-state index in [1.165, 1.54) is 0 Å². The Morgan fingerprint density at radius 3 is 2.57 bits per heavy atom. The molecule has 1 rings (SSSR count). The van der Waals surface area contributed by atoms with Crippen molar-refractivity contribution < 1.29 is 8.42 Å². The van der Waals surface area contributed by atoms with Crippen LogP contribution in [0.5, 0.6) is 0 Å². The quantitative estimate of drug-likeness (QED) is 0.742. The molecule has 0 spiro atoms. The van der Waals surface area contributed by atoms with Gasteiger partial charge in [0.2, 0.25) is 10.0 Å². The zero-order valence-electron chi connectivity index (χ0n) is 9.16. The summed E-state index contributed by atoms with van der Waals surface area (Å²) in [5, 5.41) is 3.22. The maximum Gasteiger partial charge on any atom is 0.213 e. The Hall–Kier alpha value is -0.130. The third-order valence-corrected chi connectivity index (χ3v) is 4.85. The maximum atomic E-state index is 11.6. The summed E-state index contributed by atoms with van der Waals surface area (Å²) in [7, 11) is -1.04. The Balaban J connectivity index is 2.63. The Labute approximate surface area is 86.7 Å². The van der Waals surface area contributed by atoms with Gasteiger partial charge in [0.25, 0.3) is 0 Å². The van der Waals surface area contributed by atoms with E-state index in [4.69, 9.17) is 0 Å². The van der Waals surface area contributed by atoms with Gasteiger partial charge >= 0.3 is 0 Å². The van der Waals surface area contributed by atoms with Crippen molar-refractivity contribution in [2.24, 2.45) is 5.92 Å². The number of hydrogen-bond donors (Lipinski definition) is 1. The Kier molecular flexibility index (Phi) is 3.92. The lowest BCUT2D eigenvalue weighted by molar-refractivity contribution is 0.228. The van der Waals surface area contributed by atoms with Gasteiger partial charge in [-0.2, -0.15) is 0 Å². The normalized spacial score (nSPS) is 30.5. The van der Waals surface area contributed by atoms with Crippen molar-refractivity contribution in [3.63, 3.8) is 0 Å². The van der Waals surface area contributed by atoms with Crippen LogP contribution in [0.25, 0.3) is 0 Å². The minimum Gasteiger partial charge on any atom is -0.317 e. The molecule has 1 fully saturated rings. The van der Waals surface area contributed by atoms with Crippen LogP contribution in [0.2, 0.25) is 0 Å². The molecule has 1 heterocycles. The average Bonchev–Trinajstić information content (AvgIpc) is 2.17. The first kappa shape index (κ1) is 11.9. The number of nitrogens with zero attached hydrogens (tertiary/aromatic N) is 1. The monoisotopic (exact) mass is 220 g/mol. The van der Waals surface area contributed by atoms with E-state index in [2.05, 4.69) is 12.2 Å². The summed E-state index contributed by atoms with van der Waals surface area (Å²) < 4.78 is 24.8. The summed E-state index contributed by atoms with van der Waals surface area (Å²) in [5.41, 5.74) is 0. The van der Waals surface area contributed by atoms with Crippen LogP contribution in [0.15, 0.2) is 0 Å². The smallest absolute Gasteiger partial charge is 0.213 e. The van der Waals surface area contributed by atoms with Crippen LogP contribution in [0, 0.1) is 5.92 Å². The first-order chi connectivity index (χ1) is 6.51. The molecular formula is C9H20N2O2S. The largest absolute Gasteiger partial charge is 0.317 e. The van der Waals surface area contributed by atoms with E-state index in [-0.39, 0.29) is 5.75 Å². The van der Waals surface area contributed by atoms with Crippen molar-refractivity contribution >= 4 is 10.0 Å². The van der Waals surface area contributed by atoms with Crippen LogP contribution >= 0.6 is 0 Å². The fraction of sp³-hybridized carbons (Fsp3) is 1.00. The van der Waals surface area contributed by atoms with Crippen molar-refractivity contribution in [2.45, 2.75) is 26.3 Å². The molecule has 0 aromatic heterocycles. The molecule has 2 atom stereocenters. The fourth-order valence-corrected chi connectivity index (χ4v) is 3.18. The molecule has 0 radical (unpaired) electrons. The molecule has 0 bridgehead atoms. The van der Waals surface area contributed by atoms with Crippen molar-refractivity contribution in [1.82, 2.24) is 9.62 Å². The second kappa shape index (κ2) is 4.59. The summed E-state index contributed by atoms with van der Waals surface area (Å²) in [6.07, 6.45) is 0.914. The lowest BCUT2D eigenvalue weighted by Gasteiger charge is -2.35. The van der Waals surface area contributed by atoms with Crippen molar-refractivity contribution in [2.75, 3.05) is 25.9 Å². The minimum absolute atomic E-state index is 0.212. The van der Waals surface area contributed by atoms with Gasteiger partial charge in [-0.1, -0.05) is 6.92 Å². The van der Waals surface area contributed by atoms with Crippen molar-refractivity contribution in [1.29, 1.82) is 0 Å². The summed E-state index contributed by atoms with van der Waals surface area (Å²) >= 11 is 0. The Bertz CT molecular complexity index is 277. The topological polar surface area (TPSA) is 49.4 Å². The lowest BCUT2D eigenvalue weighted by atomic mass is 9.96. The molecule has 1 aliphatic heterocycles. The molecular weight excluding hydrogens is 200 g/mol. The number of piperidine rings is 1. The molecule has 1 saturated heterocycles. The Morgan fingerprint density at radius 1 is 1.50 bits per heavy atom. The molecule has 0 aliphatic carbocycles.